The number of hydrogen-bond acceptors (Lipinski definition) is 3. The van der Waals surface area contributed by atoms with Crippen molar-refractivity contribution in [1.82, 2.24) is 0 Å². The predicted molar refractivity (Wildman–Crippen MR) is 136 cm³/mol. The van der Waals surface area contributed by atoms with E-state index in [9.17, 15) is 4.79 Å². The third-order valence-electron chi connectivity index (χ3n) is 5.97. The highest BCUT2D eigenvalue weighted by Crippen LogP contribution is 2.23. The maximum atomic E-state index is 12.7. The van der Waals surface area contributed by atoms with E-state index >= 15 is 0 Å². The molecule has 0 heterocycles. The van der Waals surface area contributed by atoms with Crippen LogP contribution in [0.1, 0.15) is 70.4 Å². The first-order chi connectivity index (χ1) is 15.8. The van der Waals surface area contributed by atoms with Gasteiger partial charge in [-0.05, 0) is 31.4 Å². The van der Waals surface area contributed by atoms with Gasteiger partial charge in [0.2, 0.25) is 6.29 Å². The summed E-state index contributed by atoms with van der Waals surface area (Å²) < 4.78 is 12.4. The molecule has 33 heavy (non-hydrogen) atoms. The first kappa shape index (κ1) is 26.9. The lowest BCUT2D eigenvalue weighted by Crippen LogP contribution is -2.44. The van der Waals surface area contributed by atoms with Crippen LogP contribution in [0.3, 0.4) is 0 Å². The van der Waals surface area contributed by atoms with Gasteiger partial charge in [-0.2, -0.15) is 0 Å². The number of quaternary nitrogens is 1. The third-order valence-corrected chi connectivity index (χ3v) is 5.97. The van der Waals surface area contributed by atoms with Crippen LogP contribution in [0.4, 0.5) is 0 Å². The number of carbonyl (C=O) groups excluding carboxylic acids is 1. The zero-order valence-corrected chi connectivity index (χ0v) is 21.4. The lowest BCUT2D eigenvalue weighted by molar-refractivity contribution is -0.905. The standard InChI is InChI=1S/C29H44NO3/c1-6-7-8-9-10-14-19-27-20-15-16-21-28(27)32-25(3)33-29(31)24(2)22-30(4,5)23-26-17-12-11-13-18-26/h11-13,15-18,20-21,24-25H,6-10,14,19,22-23H2,1-5H3/q+1. The van der Waals surface area contributed by atoms with E-state index in [1.807, 2.05) is 31.2 Å². The number of para-hydroxylation sites is 1. The number of nitrogens with zero attached hydrogens (tertiary/aromatic N) is 1. The molecule has 0 aliphatic carbocycles. The molecule has 2 atom stereocenters. The Balaban J connectivity index is 1.82. The van der Waals surface area contributed by atoms with Gasteiger partial charge in [-0.1, -0.05) is 87.6 Å². The van der Waals surface area contributed by atoms with Crippen molar-refractivity contribution >= 4 is 5.97 Å². The predicted octanol–water partition coefficient (Wildman–Crippen LogP) is 6.77. The molecule has 2 aromatic rings. The second kappa shape index (κ2) is 14.0. The van der Waals surface area contributed by atoms with E-state index in [0.29, 0.717) is 6.54 Å². The van der Waals surface area contributed by atoms with Crippen LogP contribution < -0.4 is 4.74 Å². The molecule has 0 saturated carbocycles. The molecular weight excluding hydrogens is 410 g/mol. The largest absolute Gasteiger partial charge is 0.455 e. The van der Waals surface area contributed by atoms with Crippen molar-refractivity contribution in [3.8, 4) is 5.75 Å². The average Bonchev–Trinajstić information content (AvgIpc) is 2.77. The van der Waals surface area contributed by atoms with E-state index in [2.05, 4.69) is 51.4 Å². The van der Waals surface area contributed by atoms with Crippen LogP contribution >= 0.6 is 0 Å². The molecule has 4 heteroatoms. The Bertz CT molecular complexity index is 819. The lowest BCUT2D eigenvalue weighted by Gasteiger charge is -2.32. The van der Waals surface area contributed by atoms with Crippen LogP contribution in [0.25, 0.3) is 0 Å². The number of aryl methyl sites for hydroxylation is 1. The van der Waals surface area contributed by atoms with Crippen LogP contribution in [-0.4, -0.2) is 37.4 Å². The summed E-state index contributed by atoms with van der Waals surface area (Å²) in [5, 5.41) is 0. The summed E-state index contributed by atoms with van der Waals surface area (Å²) >= 11 is 0. The molecular formula is C29H44NO3+. The quantitative estimate of drug-likeness (QED) is 0.129. The summed E-state index contributed by atoms with van der Waals surface area (Å²) in [6.07, 6.45) is 7.98. The van der Waals surface area contributed by atoms with Gasteiger partial charge in [0.05, 0.1) is 20.6 Å². The van der Waals surface area contributed by atoms with E-state index in [1.165, 1.54) is 43.2 Å². The monoisotopic (exact) mass is 454 g/mol. The highest BCUT2D eigenvalue weighted by atomic mass is 16.7. The van der Waals surface area contributed by atoms with Crippen LogP contribution in [0.15, 0.2) is 54.6 Å². The number of benzene rings is 2. The van der Waals surface area contributed by atoms with Crippen molar-refractivity contribution < 1.29 is 18.8 Å². The van der Waals surface area contributed by atoms with Gasteiger partial charge in [-0.15, -0.1) is 0 Å². The Morgan fingerprint density at radius 2 is 1.52 bits per heavy atom. The normalized spacial score (nSPS) is 13.4. The molecule has 0 saturated heterocycles. The zero-order chi connectivity index (χ0) is 24.1. The molecule has 0 amide bonds. The number of ether oxygens (including phenoxy) is 2. The highest BCUT2D eigenvalue weighted by molar-refractivity contribution is 5.72. The van der Waals surface area contributed by atoms with Crippen molar-refractivity contribution in [2.24, 2.45) is 5.92 Å². The van der Waals surface area contributed by atoms with E-state index in [1.54, 1.807) is 6.92 Å². The second-order valence-corrected chi connectivity index (χ2v) is 9.91. The topological polar surface area (TPSA) is 35.5 Å². The van der Waals surface area contributed by atoms with E-state index in [4.69, 9.17) is 9.47 Å². The summed E-state index contributed by atoms with van der Waals surface area (Å²) in [6.45, 7) is 7.56. The molecule has 182 valence electrons. The molecule has 2 aromatic carbocycles. The SMILES string of the molecule is CCCCCCCCc1ccccc1OC(C)OC(=O)C(C)C[N+](C)(C)Cc1ccccc1. The van der Waals surface area contributed by atoms with Crippen molar-refractivity contribution in [3.05, 3.63) is 65.7 Å². The van der Waals surface area contributed by atoms with Crippen LogP contribution in [0.5, 0.6) is 5.75 Å². The smallest absolute Gasteiger partial charge is 0.317 e. The second-order valence-electron chi connectivity index (χ2n) is 9.91. The maximum Gasteiger partial charge on any atom is 0.317 e. The van der Waals surface area contributed by atoms with Gasteiger partial charge in [0.15, 0.2) is 0 Å². The van der Waals surface area contributed by atoms with Crippen molar-refractivity contribution in [3.63, 3.8) is 0 Å². The summed E-state index contributed by atoms with van der Waals surface area (Å²) in [5.41, 5.74) is 2.45. The minimum atomic E-state index is -0.615. The Labute approximate surface area is 201 Å². The summed E-state index contributed by atoms with van der Waals surface area (Å²) in [5.74, 6) is 0.391. The van der Waals surface area contributed by atoms with Gasteiger partial charge in [-0.25, -0.2) is 0 Å². The molecule has 0 aliphatic heterocycles. The highest BCUT2D eigenvalue weighted by Gasteiger charge is 2.27. The van der Waals surface area contributed by atoms with E-state index < -0.39 is 6.29 Å². The molecule has 0 aromatic heterocycles. The summed E-state index contributed by atoms with van der Waals surface area (Å²) in [7, 11) is 4.30. The zero-order valence-electron chi connectivity index (χ0n) is 21.4. The van der Waals surface area contributed by atoms with Crippen LogP contribution in [-0.2, 0) is 22.5 Å². The molecule has 0 bridgehead atoms. The third kappa shape index (κ3) is 10.4. The van der Waals surface area contributed by atoms with Crippen LogP contribution in [0, 0.1) is 5.92 Å². The van der Waals surface area contributed by atoms with Crippen molar-refractivity contribution in [1.29, 1.82) is 0 Å². The van der Waals surface area contributed by atoms with Crippen molar-refractivity contribution in [2.45, 2.75) is 78.6 Å². The lowest BCUT2D eigenvalue weighted by atomic mass is 10.0. The molecule has 0 radical (unpaired) electrons. The number of rotatable bonds is 15. The van der Waals surface area contributed by atoms with Crippen LogP contribution in [0.2, 0.25) is 0 Å². The molecule has 0 spiro atoms. The fourth-order valence-corrected chi connectivity index (χ4v) is 4.36. The van der Waals surface area contributed by atoms with Crippen molar-refractivity contribution in [2.75, 3.05) is 20.6 Å². The number of carbonyl (C=O) groups is 1. The van der Waals surface area contributed by atoms with Gasteiger partial charge in [0.1, 0.15) is 18.2 Å². The van der Waals surface area contributed by atoms with Gasteiger partial charge < -0.3 is 14.0 Å². The van der Waals surface area contributed by atoms with Gasteiger partial charge >= 0.3 is 5.97 Å². The molecule has 0 N–H and O–H groups in total. The van der Waals surface area contributed by atoms with Gasteiger partial charge in [-0.3, -0.25) is 4.79 Å². The van der Waals surface area contributed by atoms with E-state index in [-0.39, 0.29) is 11.9 Å². The Hall–Kier alpha value is -2.33. The summed E-state index contributed by atoms with van der Waals surface area (Å²) in [4.78, 5) is 12.7. The van der Waals surface area contributed by atoms with Gasteiger partial charge in [0.25, 0.3) is 0 Å². The minimum Gasteiger partial charge on any atom is -0.455 e. The molecule has 2 unspecified atom stereocenters. The fourth-order valence-electron chi connectivity index (χ4n) is 4.36. The number of unbranched alkanes of at least 4 members (excludes halogenated alkanes) is 5. The van der Waals surface area contributed by atoms with E-state index in [0.717, 1.165) is 29.6 Å². The molecule has 0 aliphatic rings. The summed E-state index contributed by atoms with van der Waals surface area (Å²) in [6, 6.07) is 18.5. The molecule has 0 fully saturated rings. The number of esters is 1. The average molecular weight is 455 g/mol. The molecule has 4 nitrogen and oxygen atoms in total. The molecule has 2 rings (SSSR count). The first-order valence-electron chi connectivity index (χ1n) is 12.6. The first-order valence-corrected chi connectivity index (χ1v) is 12.6. The Kier molecular flexibility index (Phi) is 11.5. The van der Waals surface area contributed by atoms with Gasteiger partial charge in [0, 0.05) is 12.5 Å². The Morgan fingerprint density at radius 1 is 0.879 bits per heavy atom. The minimum absolute atomic E-state index is 0.213. The fraction of sp³-hybridized carbons (Fsp3) is 0.552. The maximum absolute atomic E-state index is 12.7. The number of hydrogen-bond donors (Lipinski definition) is 0. The Morgan fingerprint density at radius 3 is 2.24 bits per heavy atom.